The van der Waals surface area contributed by atoms with E-state index in [-0.39, 0.29) is 17.1 Å². The third-order valence-electron chi connectivity index (χ3n) is 3.79. The molecular weight excluding hydrogens is 385 g/mol. The van der Waals surface area contributed by atoms with Gasteiger partial charge in [-0.3, -0.25) is 20.0 Å². The molecule has 0 bridgehead atoms. The molecule has 0 saturated carbocycles. The van der Waals surface area contributed by atoms with Gasteiger partial charge in [0.25, 0.3) is 5.91 Å². The van der Waals surface area contributed by atoms with Gasteiger partial charge in [0.05, 0.1) is 27.8 Å². The van der Waals surface area contributed by atoms with E-state index in [0.29, 0.717) is 10.7 Å². The van der Waals surface area contributed by atoms with Crippen LogP contribution in [0.25, 0.3) is 0 Å². The van der Waals surface area contributed by atoms with Crippen molar-refractivity contribution in [2.45, 2.75) is 6.54 Å². The molecule has 3 amide bonds. The number of benzene rings is 2. The van der Waals surface area contributed by atoms with Gasteiger partial charge in [-0.05, 0) is 35.9 Å². The average molecular weight is 400 g/mol. The highest BCUT2D eigenvalue weighted by molar-refractivity contribution is 6.35. The van der Waals surface area contributed by atoms with E-state index < -0.39 is 11.9 Å². The number of urea groups is 1. The Kier molecular flexibility index (Phi) is 6.06. The number of imide groups is 1. The lowest BCUT2D eigenvalue weighted by Gasteiger charge is -2.24. The molecule has 7 heteroatoms. The maximum atomic E-state index is 12.9. The second kappa shape index (κ2) is 8.66. The van der Waals surface area contributed by atoms with Gasteiger partial charge in [-0.25, -0.2) is 4.79 Å². The molecule has 0 aliphatic carbocycles. The molecule has 0 aliphatic rings. The number of para-hydroxylation sites is 1. The Morgan fingerprint density at radius 1 is 0.926 bits per heavy atom. The Bertz CT molecular complexity index is 964. The van der Waals surface area contributed by atoms with Crippen LogP contribution in [0.4, 0.5) is 10.5 Å². The summed E-state index contributed by atoms with van der Waals surface area (Å²) in [6.45, 7) is 0.194. The normalized spacial score (nSPS) is 10.3. The zero-order chi connectivity index (χ0) is 19.2. The molecule has 5 nitrogen and oxygen atoms in total. The van der Waals surface area contributed by atoms with Crippen LogP contribution in [0.5, 0.6) is 0 Å². The average Bonchev–Trinajstić information content (AvgIpc) is 2.68. The molecule has 0 atom stereocenters. The van der Waals surface area contributed by atoms with E-state index in [1.807, 2.05) is 6.07 Å². The van der Waals surface area contributed by atoms with Gasteiger partial charge in [0.1, 0.15) is 0 Å². The summed E-state index contributed by atoms with van der Waals surface area (Å²) in [6.07, 6.45) is 3.29. The monoisotopic (exact) mass is 399 g/mol. The lowest BCUT2D eigenvalue weighted by Crippen LogP contribution is -2.43. The molecule has 1 heterocycles. The second-order valence-electron chi connectivity index (χ2n) is 5.64. The molecule has 136 valence electrons. The highest BCUT2D eigenvalue weighted by Gasteiger charge is 2.22. The molecular formula is C20H15Cl2N3O2. The molecule has 2 aromatic carbocycles. The van der Waals surface area contributed by atoms with Gasteiger partial charge < -0.3 is 0 Å². The number of halogens is 2. The maximum Gasteiger partial charge on any atom is 0.329 e. The molecule has 0 aliphatic heterocycles. The number of nitrogens with one attached hydrogen (secondary N) is 1. The summed E-state index contributed by atoms with van der Waals surface area (Å²) in [5.41, 5.74) is 1.48. The number of amides is 3. The highest BCUT2D eigenvalue weighted by Crippen LogP contribution is 2.27. The van der Waals surface area contributed by atoms with Crippen molar-refractivity contribution in [1.29, 1.82) is 0 Å². The van der Waals surface area contributed by atoms with Gasteiger partial charge in [0.15, 0.2) is 0 Å². The van der Waals surface area contributed by atoms with Gasteiger partial charge in [-0.2, -0.15) is 0 Å². The largest absolute Gasteiger partial charge is 0.329 e. The lowest BCUT2D eigenvalue weighted by molar-refractivity contribution is 0.0965. The number of hydrogen-bond donors (Lipinski definition) is 1. The number of rotatable bonds is 4. The third-order valence-corrected chi connectivity index (χ3v) is 4.44. The second-order valence-corrected chi connectivity index (χ2v) is 6.45. The van der Waals surface area contributed by atoms with E-state index in [1.54, 1.807) is 67.0 Å². The number of nitrogens with zero attached hydrogens (tertiary/aromatic N) is 2. The van der Waals surface area contributed by atoms with Crippen LogP contribution in [0.3, 0.4) is 0 Å². The number of carbonyl (C=O) groups is 2. The Hall–Kier alpha value is -2.89. The summed E-state index contributed by atoms with van der Waals surface area (Å²) in [5.74, 6) is -0.589. The predicted molar refractivity (Wildman–Crippen MR) is 106 cm³/mol. The van der Waals surface area contributed by atoms with E-state index in [0.717, 1.165) is 5.56 Å². The standard InChI is InChI=1S/C20H15Cl2N3O2/c21-16-8-2-1-7-15(16)19(26)24-20(27)25(13-14-6-5-11-23-12-14)18-10-4-3-9-17(18)22/h1-12H,13H2,(H,24,26,27). The van der Waals surface area contributed by atoms with Crippen LogP contribution in [0.1, 0.15) is 15.9 Å². The molecule has 0 spiro atoms. The molecule has 0 radical (unpaired) electrons. The summed E-state index contributed by atoms with van der Waals surface area (Å²) < 4.78 is 0. The van der Waals surface area contributed by atoms with Crippen LogP contribution in [0.2, 0.25) is 10.0 Å². The van der Waals surface area contributed by atoms with E-state index >= 15 is 0 Å². The molecule has 1 aromatic heterocycles. The topological polar surface area (TPSA) is 62.3 Å². The quantitative estimate of drug-likeness (QED) is 0.675. The third kappa shape index (κ3) is 4.64. The Labute approximate surface area is 166 Å². The first-order valence-corrected chi connectivity index (χ1v) is 8.82. The number of pyridine rings is 1. The van der Waals surface area contributed by atoms with Crippen molar-refractivity contribution >= 4 is 40.8 Å². The first kappa shape index (κ1) is 18.9. The fourth-order valence-corrected chi connectivity index (χ4v) is 2.95. The predicted octanol–water partition coefficient (Wildman–Crippen LogP) is 4.95. The van der Waals surface area contributed by atoms with Crippen molar-refractivity contribution in [2.24, 2.45) is 0 Å². The van der Waals surface area contributed by atoms with Crippen LogP contribution >= 0.6 is 23.2 Å². The summed E-state index contributed by atoms with van der Waals surface area (Å²) >= 11 is 12.3. The highest BCUT2D eigenvalue weighted by atomic mass is 35.5. The van der Waals surface area contributed by atoms with Crippen LogP contribution < -0.4 is 10.2 Å². The zero-order valence-corrected chi connectivity index (χ0v) is 15.6. The van der Waals surface area contributed by atoms with Gasteiger partial charge in [-0.15, -0.1) is 0 Å². The molecule has 1 N–H and O–H groups in total. The SMILES string of the molecule is O=C(NC(=O)N(Cc1cccnc1)c1ccccc1Cl)c1ccccc1Cl. The summed E-state index contributed by atoms with van der Waals surface area (Å²) in [4.78, 5) is 30.8. The summed E-state index contributed by atoms with van der Waals surface area (Å²) in [7, 11) is 0. The Balaban J connectivity index is 1.88. The van der Waals surface area contributed by atoms with E-state index in [1.165, 1.54) is 4.90 Å². The van der Waals surface area contributed by atoms with Crippen LogP contribution in [-0.2, 0) is 6.54 Å². The number of aromatic nitrogens is 1. The van der Waals surface area contributed by atoms with Crippen molar-refractivity contribution in [2.75, 3.05) is 4.90 Å². The fourth-order valence-electron chi connectivity index (χ4n) is 2.49. The van der Waals surface area contributed by atoms with Crippen LogP contribution in [-0.4, -0.2) is 16.9 Å². The minimum absolute atomic E-state index is 0.194. The molecule has 27 heavy (non-hydrogen) atoms. The number of hydrogen-bond acceptors (Lipinski definition) is 3. The van der Waals surface area contributed by atoms with E-state index in [4.69, 9.17) is 23.2 Å². The van der Waals surface area contributed by atoms with E-state index in [9.17, 15) is 9.59 Å². The van der Waals surface area contributed by atoms with Crippen molar-refractivity contribution < 1.29 is 9.59 Å². The van der Waals surface area contributed by atoms with Gasteiger partial charge in [0, 0.05) is 12.4 Å². The van der Waals surface area contributed by atoms with Gasteiger partial charge >= 0.3 is 6.03 Å². The van der Waals surface area contributed by atoms with Crippen LogP contribution in [0, 0.1) is 0 Å². The Morgan fingerprint density at radius 2 is 1.63 bits per heavy atom. The number of carbonyl (C=O) groups excluding carboxylic acids is 2. The molecule has 3 rings (SSSR count). The van der Waals surface area contributed by atoms with Crippen LogP contribution in [0.15, 0.2) is 73.1 Å². The van der Waals surface area contributed by atoms with Crippen molar-refractivity contribution in [3.63, 3.8) is 0 Å². The maximum absolute atomic E-state index is 12.9. The van der Waals surface area contributed by atoms with Crippen molar-refractivity contribution in [3.8, 4) is 0 Å². The summed E-state index contributed by atoms with van der Waals surface area (Å²) in [5, 5.41) is 3.02. The van der Waals surface area contributed by atoms with Gasteiger partial charge in [0.2, 0.25) is 0 Å². The smallest absolute Gasteiger partial charge is 0.288 e. The van der Waals surface area contributed by atoms with Crippen molar-refractivity contribution in [3.05, 3.63) is 94.2 Å². The van der Waals surface area contributed by atoms with Crippen molar-refractivity contribution in [1.82, 2.24) is 10.3 Å². The molecule has 0 unspecified atom stereocenters. The Morgan fingerprint density at radius 3 is 2.30 bits per heavy atom. The lowest BCUT2D eigenvalue weighted by atomic mass is 10.2. The van der Waals surface area contributed by atoms with Gasteiger partial charge in [-0.1, -0.05) is 53.5 Å². The van der Waals surface area contributed by atoms with E-state index in [2.05, 4.69) is 10.3 Å². The minimum Gasteiger partial charge on any atom is -0.288 e. The zero-order valence-electron chi connectivity index (χ0n) is 14.1. The molecule has 3 aromatic rings. The summed E-state index contributed by atoms with van der Waals surface area (Å²) in [6, 6.07) is 16.4. The molecule has 0 saturated heterocycles. The molecule has 0 fully saturated rings. The fraction of sp³-hybridized carbons (Fsp3) is 0.0500. The first-order valence-electron chi connectivity index (χ1n) is 8.07. The first-order chi connectivity index (χ1) is 13.1. The number of anilines is 1. The minimum atomic E-state index is -0.614.